The summed E-state index contributed by atoms with van der Waals surface area (Å²) >= 11 is 0. The minimum absolute atomic E-state index is 0.00505. The van der Waals surface area contributed by atoms with E-state index in [0.29, 0.717) is 0 Å². The van der Waals surface area contributed by atoms with Crippen LogP contribution >= 0.6 is 0 Å². The summed E-state index contributed by atoms with van der Waals surface area (Å²) in [4.78, 5) is 0. The lowest BCUT2D eigenvalue weighted by Gasteiger charge is -2.15. The first-order chi connectivity index (χ1) is 6.74. The second kappa shape index (κ2) is 12.8. The SMILES string of the molecule is CO.COCC(CO)OCC(O)CO. The van der Waals surface area contributed by atoms with E-state index in [4.69, 9.17) is 29.9 Å². The Labute approximate surface area is 83.7 Å². The third-order valence-electron chi connectivity index (χ3n) is 1.29. The highest BCUT2D eigenvalue weighted by molar-refractivity contribution is 4.56. The maximum absolute atomic E-state index is 8.87. The third-order valence-corrected chi connectivity index (χ3v) is 1.29. The van der Waals surface area contributed by atoms with Gasteiger partial charge in [-0.25, -0.2) is 0 Å². The van der Waals surface area contributed by atoms with Gasteiger partial charge in [-0.2, -0.15) is 0 Å². The molecule has 0 aromatic rings. The quantitative estimate of drug-likeness (QED) is 0.388. The normalized spacial score (nSPS) is 14.1. The van der Waals surface area contributed by atoms with Crippen molar-refractivity contribution in [3.05, 3.63) is 0 Å². The highest BCUT2D eigenvalue weighted by Crippen LogP contribution is 1.93. The second-order valence-electron chi connectivity index (χ2n) is 2.43. The Balaban J connectivity index is 0. The number of methoxy groups -OCH3 is 1. The molecule has 0 aliphatic rings. The third kappa shape index (κ3) is 9.85. The zero-order valence-electron chi connectivity index (χ0n) is 8.59. The van der Waals surface area contributed by atoms with Gasteiger partial charge in [0.1, 0.15) is 12.2 Å². The summed E-state index contributed by atoms with van der Waals surface area (Å²) < 4.78 is 9.73. The van der Waals surface area contributed by atoms with Crippen LogP contribution in [0, 0.1) is 0 Å². The van der Waals surface area contributed by atoms with Crippen LogP contribution in [0.1, 0.15) is 0 Å². The van der Waals surface area contributed by atoms with Gasteiger partial charge >= 0.3 is 0 Å². The molecule has 4 N–H and O–H groups in total. The van der Waals surface area contributed by atoms with E-state index in [-0.39, 0.29) is 26.4 Å². The van der Waals surface area contributed by atoms with Crippen molar-refractivity contribution in [2.75, 3.05) is 40.6 Å². The number of hydrogen-bond acceptors (Lipinski definition) is 6. The molecule has 0 heterocycles. The van der Waals surface area contributed by atoms with Gasteiger partial charge in [-0.15, -0.1) is 0 Å². The van der Waals surface area contributed by atoms with Crippen molar-refractivity contribution in [3.8, 4) is 0 Å². The molecule has 0 spiro atoms. The minimum atomic E-state index is -0.893. The van der Waals surface area contributed by atoms with Crippen molar-refractivity contribution in [2.24, 2.45) is 0 Å². The van der Waals surface area contributed by atoms with Crippen LogP contribution in [0.3, 0.4) is 0 Å². The molecule has 88 valence electrons. The molecule has 0 aliphatic heterocycles. The van der Waals surface area contributed by atoms with Gasteiger partial charge in [0.15, 0.2) is 0 Å². The van der Waals surface area contributed by atoms with E-state index >= 15 is 0 Å². The zero-order valence-corrected chi connectivity index (χ0v) is 8.59. The number of aliphatic hydroxyl groups is 4. The lowest BCUT2D eigenvalue weighted by molar-refractivity contribution is -0.0698. The molecule has 0 saturated heterocycles. The van der Waals surface area contributed by atoms with Crippen molar-refractivity contribution in [1.82, 2.24) is 0 Å². The lowest BCUT2D eigenvalue weighted by atomic mass is 10.4. The van der Waals surface area contributed by atoms with Crippen LogP contribution in [0.15, 0.2) is 0 Å². The summed E-state index contributed by atoms with van der Waals surface area (Å²) in [5, 5.41) is 33.0. The Bertz CT molecular complexity index is 99.8. The van der Waals surface area contributed by atoms with Crippen LogP contribution in [-0.2, 0) is 9.47 Å². The van der Waals surface area contributed by atoms with Gasteiger partial charge in [-0.3, -0.25) is 0 Å². The number of ether oxygens (including phenoxy) is 2. The standard InChI is InChI=1S/C7H16O5.CH4O/c1-11-5-7(3-9)12-4-6(10)2-8;1-2/h6-10H,2-5H2,1H3;2H,1H3. The summed E-state index contributed by atoms with van der Waals surface area (Å²) in [5.41, 5.74) is 0. The monoisotopic (exact) mass is 212 g/mol. The Hall–Kier alpha value is -0.240. The summed E-state index contributed by atoms with van der Waals surface area (Å²) in [6.45, 7) is -0.225. The first kappa shape index (κ1) is 16.2. The summed E-state index contributed by atoms with van der Waals surface area (Å²) in [7, 11) is 2.49. The Morgan fingerprint density at radius 3 is 2.00 bits per heavy atom. The number of aliphatic hydroxyl groups excluding tert-OH is 4. The maximum atomic E-state index is 8.87. The first-order valence-corrected chi connectivity index (χ1v) is 4.19. The van der Waals surface area contributed by atoms with E-state index < -0.39 is 12.2 Å². The molecule has 0 aromatic carbocycles. The topological polar surface area (TPSA) is 99.4 Å². The van der Waals surface area contributed by atoms with Crippen molar-refractivity contribution in [1.29, 1.82) is 0 Å². The van der Waals surface area contributed by atoms with Crippen molar-refractivity contribution in [2.45, 2.75) is 12.2 Å². The molecule has 6 heteroatoms. The van der Waals surface area contributed by atoms with E-state index in [1.165, 1.54) is 7.11 Å². The molecule has 0 amide bonds. The molecule has 6 nitrogen and oxygen atoms in total. The van der Waals surface area contributed by atoms with Gasteiger partial charge < -0.3 is 29.9 Å². The Kier molecular flexibility index (Phi) is 14.8. The number of rotatable bonds is 7. The fourth-order valence-corrected chi connectivity index (χ4v) is 0.639. The Morgan fingerprint density at radius 1 is 1.07 bits per heavy atom. The van der Waals surface area contributed by atoms with Crippen LogP contribution in [0.2, 0.25) is 0 Å². The van der Waals surface area contributed by atoms with Gasteiger partial charge in [-0.05, 0) is 0 Å². The average Bonchev–Trinajstić information content (AvgIpc) is 2.26. The van der Waals surface area contributed by atoms with Crippen LogP contribution in [0.25, 0.3) is 0 Å². The molecule has 14 heavy (non-hydrogen) atoms. The van der Waals surface area contributed by atoms with Gasteiger partial charge in [0.05, 0.1) is 26.4 Å². The highest BCUT2D eigenvalue weighted by Gasteiger charge is 2.09. The molecule has 0 rings (SSSR count). The molecular weight excluding hydrogens is 192 g/mol. The van der Waals surface area contributed by atoms with Crippen molar-refractivity contribution in [3.63, 3.8) is 0 Å². The van der Waals surface area contributed by atoms with Crippen molar-refractivity contribution >= 4 is 0 Å². The molecular formula is C8H20O6. The van der Waals surface area contributed by atoms with E-state index in [9.17, 15) is 0 Å². The first-order valence-electron chi connectivity index (χ1n) is 4.19. The van der Waals surface area contributed by atoms with E-state index in [1.807, 2.05) is 0 Å². The van der Waals surface area contributed by atoms with Crippen LogP contribution in [0.5, 0.6) is 0 Å². The average molecular weight is 212 g/mol. The van der Waals surface area contributed by atoms with Gasteiger partial charge in [0.2, 0.25) is 0 Å². The summed E-state index contributed by atoms with van der Waals surface area (Å²) in [6.07, 6.45) is -1.33. The van der Waals surface area contributed by atoms with Crippen molar-refractivity contribution < 1.29 is 29.9 Å². The molecule has 0 bridgehead atoms. The van der Waals surface area contributed by atoms with Gasteiger partial charge in [0.25, 0.3) is 0 Å². The molecule has 0 radical (unpaired) electrons. The molecule has 0 aromatic heterocycles. The van der Waals surface area contributed by atoms with E-state index in [2.05, 4.69) is 0 Å². The Morgan fingerprint density at radius 2 is 1.64 bits per heavy atom. The van der Waals surface area contributed by atoms with Gasteiger partial charge in [-0.1, -0.05) is 0 Å². The lowest BCUT2D eigenvalue weighted by Crippen LogP contribution is -2.29. The molecule has 0 aliphatic carbocycles. The molecule has 0 fully saturated rings. The minimum Gasteiger partial charge on any atom is -0.400 e. The van der Waals surface area contributed by atoms with E-state index in [1.54, 1.807) is 0 Å². The predicted octanol–water partition coefficient (Wildman–Crippen LogP) is -2.03. The smallest absolute Gasteiger partial charge is 0.104 e. The molecule has 2 atom stereocenters. The van der Waals surface area contributed by atoms with E-state index in [0.717, 1.165) is 7.11 Å². The highest BCUT2D eigenvalue weighted by atomic mass is 16.5. The second-order valence-corrected chi connectivity index (χ2v) is 2.43. The molecule has 0 saturated carbocycles. The number of hydrogen-bond donors (Lipinski definition) is 4. The maximum Gasteiger partial charge on any atom is 0.104 e. The van der Waals surface area contributed by atoms with Gasteiger partial charge in [0, 0.05) is 14.2 Å². The summed E-state index contributed by atoms with van der Waals surface area (Å²) in [6, 6.07) is 0. The fraction of sp³-hybridized carbons (Fsp3) is 1.00. The largest absolute Gasteiger partial charge is 0.400 e. The fourth-order valence-electron chi connectivity index (χ4n) is 0.639. The summed E-state index contributed by atoms with van der Waals surface area (Å²) in [5.74, 6) is 0. The van der Waals surface area contributed by atoms with Crippen LogP contribution < -0.4 is 0 Å². The molecule has 2 unspecified atom stereocenters. The predicted molar refractivity (Wildman–Crippen MR) is 49.9 cm³/mol. The van der Waals surface area contributed by atoms with Crippen LogP contribution in [0.4, 0.5) is 0 Å². The zero-order chi connectivity index (χ0) is 11.4. The van der Waals surface area contributed by atoms with Crippen LogP contribution in [-0.4, -0.2) is 73.3 Å².